The molecule has 0 aromatic heterocycles. The molecule has 2 aliphatic rings. The number of carbonyl (C=O) groups excluding carboxylic acids is 2. The zero-order chi connectivity index (χ0) is 27.9. The minimum Gasteiger partial charge on any atom is -0.493 e. The fourth-order valence-electron chi connectivity index (χ4n) is 4.67. The molecule has 208 valence electrons. The van der Waals surface area contributed by atoms with Crippen molar-refractivity contribution >= 4 is 12.2 Å². The standard InChI is InChI=1S/C26H30F2N2O5.C3H8/c1-26(2,3)35-25(32)29-12-11-22-23(29)18(16-33-19-9-10-20(27)21(28)13-19)14-30(22)24(31)34-15-17-7-5-4-6-8-17;1-3-2/h4-10,13,18,22-23H,11-12,14-16H2,1-3H3;3H2,1-2H3/t18-,22-,23-;/m1./s1. The van der Waals surface area contributed by atoms with Crippen LogP contribution in [0.15, 0.2) is 48.5 Å². The van der Waals surface area contributed by atoms with E-state index in [2.05, 4.69) is 13.8 Å². The fourth-order valence-corrected chi connectivity index (χ4v) is 4.67. The van der Waals surface area contributed by atoms with Gasteiger partial charge in [-0.15, -0.1) is 0 Å². The summed E-state index contributed by atoms with van der Waals surface area (Å²) in [6, 6.07) is 12.1. The molecule has 2 aliphatic heterocycles. The summed E-state index contributed by atoms with van der Waals surface area (Å²) >= 11 is 0. The fraction of sp³-hybridized carbons (Fsp3) is 0.517. The highest BCUT2D eigenvalue weighted by atomic mass is 19.2. The Hall–Kier alpha value is -3.36. The number of nitrogens with zero attached hydrogens (tertiary/aromatic N) is 2. The molecule has 0 bridgehead atoms. The van der Waals surface area contributed by atoms with Crippen LogP contribution in [0, 0.1) is 17.6 Å². The van der Waals surface area contributed by atoms with E-state index in [1.807, 2.05) is 30.3 Å². The first kappa shape index (κ1) is 29.2. The summed E-state index contributed by atoms with van der Waals surface area (Å²) in [6.07, 6.45) is 0.902. The lowest BCUT2D eigenvalue weighted by atomic mass is 10.0. The third-order valence-electron chi connectivity index (χ3n) is 6.16. The summed E-state index contributed by atoms with van der Waals surface area (Å²) in [4.78, 5) is 29.2. The molecule has 2 amide bonds. The molecule has 2 heterocycles. The first-order valence-electron chi connectivity index (χ1n) is 13.1. The Bertz CT molecular complexity index is 1080. The zero-order valence-corrected chi connectivity index (χ0v) is 22.8. The molecule has 0 N–H and O–H groups in total. The second-order valence-corrected chi connectivity index (χ2v) is 10.6. The van der Waals surface area contributed by atoms with E-state index < -0.39 is 29.4 Å². The molecule has 0 aliphatic carbocycles. The van der Waals surface area contributed by atoms with Crippen LogP contribution in [0.5, 0.6) is 5.75 Å². The molecule has 2 fully saturated rings. The number of ether oxygens (including phenoxy) is 3. The van der Waals surface area contributed by atoms with Gasteiger partial charge in [0.25, 0.3) is 0 Å². The number of rotatable bonds is 5. The van der Waals surface area contributed by atoms with E-state index in [0.717, 1.165) is 17.7 Å². The van der Waals surface area contributed by atoms with E-state index >= 15 is 0 Å². The second-order valence-electron chi connectivity index (χ2n) is 10.6. The van der Waals surface area contributed by atoms with E-state index in [0.29, 0.717) is 19.5 Å². The predicted octanol–water partition coefficient (Wildman–Crippen LogP) is 6.41. The summed E-state index contributed by atoms with van der Waals surface area (Å²) < 4.78 is 43.8. The maximum atomic E-state index is 13.6. The van der Waals surface area contributed by atoms with Crippen LogP contribution in [0.3, 0.4) is 0 Å². The molecular weight excluding hydrogens is 494 g/mol. The van der Waals surface area contributed by atoms with Crippen molar-refractivity contribution in [1.29, 1.82) is 0 Å². The van der Waals surface area contributed by atoms with Crippen LogP contribution in [0.25, 0.3) is 0 Å². The van der Waals surface area contributed by atoms with Gasteiger partial charge in [-0.1, -0.05) is 50.6 Å². The van der Waals surface area contributed by atoms with Crippen molar-refractivity contribution in [1.82, 2.24) is 9.80 Å². The number of carbonyl (C=O) groups is 2. The SMILES string of the molecule is CC(C)(C)OC(=O)N1CC[C@@H]2[C@H]1[C@@H](COc1ccc(F)c(F)c1)CN2C(=O)OCc1ccccc1.CCC. The average Bonchev–Trinajstić information content (AvgIpc) is 3.44. The summed E-state index contributed by atoms with van der Waals surface area (Å²) in [5, 5.41) is 0. The molecular formula is C29H38F2N2O5. The van der Waals surface area contributed by atoms with Crippen LogP contribution in [0.2, 0.25) is 0 Å². The minimum absolute atomic E-state index is 0.105. The van der Waals surface area contributed by atoms with E-state index in [1.165, 1.54) is 12.5 Å². The number of benzene rings is 2. The van der Waals surface area contributed by atoms with Gasteiger partial charge in [-0.05, 0) is 44.9 Å². The summed E-state index contributed by atoms with van der Waals surface area (Å²) in [7, 11) is 0. The molecule has 4 rings (SSSR count). The van der Waals surface area contributed by atoms with Crippen molar-refractivity contribution in [3.63, 3.8) is 0 Å². The number of halogens is 2. The van der Waals surface area contributed by atoms with Crippen molar-refractivity contribution in [2.45, 2.75) is 71.8 Å². The largest absolute Gasteiger partial charge is 0.493 e. The molecule has 0 unspecified atom stereocenters. The third-order valence-corrected chi connectivity index (χ3v) is 6.16. The van der Waals surface area contributed by atoms with Crippen LogP contribution < -0.4 is 4.74 Å². The molecule has 9 heteroatoms. The van der Waals surface area contributed by atoms with E-state index in [4.69, 9.17) is 14.2 Å². The van der Waals surface area contributed by atoms with Crippen molar-refractivity contribution in [3.8, 4) is 5.75 Å². The van der Waals surface area contributed by atoms with Gasteiger partial charge in [0, 0.05) is 25.1 Å². The predicted molar refractivity (Wildman–Crippen MR) is 140 cm³/mol. The smallest absolute Gasteiger partial charge is 0.410 e. The van der Waals surface area contributed by atoms with Crippen LogP contribution in [-0.4, -0.2) is 59.4 Å². The summed E-state index contributed by atoms with van der Waals surface area (Å²) in [5.41, 5.74) is 0.205. The van der Waals surface area contributed by atoms with Gasteiger partial charge in [-0.3, -0.25) is 0 Å². The molecule has 0 saturated carbocycles. The van der Waals surface area contributed by atoms with Gasteiger partial charge >= 0.3 is 12.2 Å². The molecule has 2 saturated heterocycles. The number of amides is 2. The van der Waals surface area contributed by atoms with Crippen LogP contribution in [0.4, 0.5) is 18.4 Å². The van der Waals surface area contributed by atoms with Gasteiger partial charge in [-0.2, -0.15) is 0 Å². The highest BCUT2D eigenvalue weighted by molar-refractivity contribution is 5.72. The van der Waals surface area contributed by atoms with Gasteiger partial charge in [0.2, 0.25) is 0 Å². The molecule has 0 radical (unpaired) electrons. The Morgan fingerprint density at radius 1 is 0.974 bits per heavy atom. The van der Waals surface area contributed by atoms with Gasteiger partial charge in [-0.25, -0.2) is 18.4 Å². The Labute approximate surface area is 223 Å². The van der Waals surface area contributed by atoms with E-state index in [-0.39, 0.29) is 37.0 Å². The number of likely N-dealkylation sites (tertiary alicyclic amines) is 2. The van der Waals surface area contributed by atoms with Crippen molar-refractivity contribution in [2.24, 2.45) is 5.92 Å². The van der Waals surface area contributed by atoms with E-state index in [1.54, 1.807) is 30.6 Å². The molecule has 7 nitrogen and oxygen atoms in total. The summed E-state index contributed by atoms with van der Waals surface area (Å²) in [6.45, 7) is 10.6. The van der Waals surface area contributed by atoms with Gasteiger partial charge in [0.1, 0.15) is 18.0 Å². The average molecular weight is 533 g/mol. The summed E-state index contributed by atoms with van der Waals surface area (Å²) in [5.74, 6) is -2.06. The Kier molecular flexibility index (Phi) is 9.94. The maximum absolute atomic E-state index is 13.6. The highest BCUT2D eigenvalue weighted by Crippen LogP contribution is 2.37. The van der Waals surface area contributed by atoms with Crippen LogP contribution in [0.1, 0.15) is 53.0 Å². The lowest BCUT2D eigenvalue weighted by Gasteiger charge is -2.30. The number of fused-ring (bicyclic) bond motifs is 1. The normalized spacial score (nSPS) is 20.3. The lowest BCUT2D eigenvalue weighted by molar-refractivity contribution is 0.0172. The topological polar surface area (TPSA) is 68.3 Å². The maximum Gasteiger partial charge on any atom is 0.410 e. The Balaban J connectivity index is 0.00000127. The minimum atomic E-state index is -1.01. The molecule has 38 heavy (non-hydrogen) atoms. The van der Waals surface area contributed by atoms with Crippen molar-refractivity contribution < 1.29 is 32.6 Å². The second kappa shape index (κ2) is 12.9. The van der Waals surface area contributed by atoms with E-state index in [9.17, 15) is 18.4 Å². The quantitative estimate of drug-likeness (QED) is 0.445. The molecule has 3 atom stereocenters. The van der Waals surface area contributed by atoms with Crippen LogP contribution in [-0.2, 0) is 16.1 Å². The molecule has 0 spiro atoms. The number of hydrogen-bond acceptors (Lipinski definition) is 5. The Morgan fingerprint density at radius 3 is 2.29 bits per heavy atom. The monoisotopic (exact) mass is 532 g/mol. The van der Waals surface area contributed by atoms with Crippen LogP contribution >= 0.6 is 0 Å². The third kappa shape index (κ3) is 7.58. The lowest BCUT2D eigenvalue weighted by Crippen LogP contribution is -2.46. The van der Waals surface area contributed by atoms with Gasteiger partial charge in [0.05, 0.1) is 18.7 Å². The first-order chi connectivity index (χ1) is 18.0. The number of hydrogen-bond donors (Lipinski definition) is 0. The Morgan fingerprint density at radius 2 is 1.66 bits per heavy atom. The zero-order valence-electron chi connectivity index (χ0n) is 22.8. The molecule has 2 aromatic rings. The highest BCUT2D eigenvalue weighted by Gasteiger charge is 2.53. The van der Waals surface area contributed by atoms with Crippen molar-refractivity contribution in [2.75, 3.05) is 19.7 Å². The van der Waals surface area contributed by atoms with Gasteiger partial charge in [0.15, 0.2) is 11.6 Å². The van der Waals surface area contributed by atoms with Gasteiger partial charge < -0.3 is 24.0 Å². The molecule has 2 aromatic carbocycles. The first-order valence-corrected chi connectivity index (χ1v) is 13.1. The van der Waals surface area contributed by atoms with Crippen molar-refractivity contribution in [3.05, 3.63) is 65.7 Å².